The average Bonchev–Trinajstić information content (AvgIpc) is 3.30. The van der Waals surface area contributed by atoms with Crippen LogP contribution in [0.1, 0.15) is 30.1 Å². The van der Waals surface area contributed by atoms with Gasteiger partial charge in [0.1, 0.15) is 22.0 Å². The highest BCUT2D eigenvalue weighted by atomic mass is 32.1. The Hall–Kier alpha value is -1.88. The van der Waals surface area contributed by atoms with E-state index in [2.05, 4.69) is 15.3 Å². The van der Waals surface area contributed by atoms with E-state index in [4.69, 9.17) is 17.0 Å². The van der Waals surface area contributed by atoms with Crippen molar-refractivity contribution in [3.8, 4) is 5.75 Å². The Morgan fingerprint density at radius 1 is 1.35 bits per heavy atom. The molecule has 20 heavy (non-hydrogen) atoms. The number of H-pyrrole nitrogens is 1. The van der Waals surface area contributed by atoms with Crippen LogP contribution in [0.4, 0.5) is 5.82 Å². The molecule has 0 saturated heterocycles. The van der Waals surface area contributed by atoms with Gasteiger partial charge in [0, 0.05) is 18.5 Å². The lowest BCUT2D eigenvalue weighted by Gasteiger charge is -2.09. The van der Waals surface area contributed by atoms with Gasteiger partial charge in [0.15, 0.2) is 0 Å². The second-order valence-electron chi connectivity index (χ2n) is 4.99. The summed E-state index contributed by atoms with van der Waals surface area (Å²) < 4.78 is 5.79. The summed E-state index contributed by atoms with van der Waals surface area (Å²) in [5, 5.41) is 3.36. The van der Waals surface area contributed by atoms with Crippen molar-refractivity contribution in [1.82, 2.24) is 9.97 Å². The van der Waals surface area contributed by atoms with Gasteiger partial charge >= 0.3 is 0 Å². The largest absolute Gasteiger partial charge is 0.497 e. The topological polar surface area (TPSA) is 49.9 Å². The molecule has 2 aromatic rings. The van der Waals surface area contributed by atoms with E-state index < -0.39 is 0 Å². The molecule has 1 aromatic heterocycles. The Balaban J connectivity index is 1.69. The molecule has 0 aliphatic heterocycles. The molecule has 3 rings (SSSR count). The number of nitrogens with one attached hydrogen (secondary N) is 2. The van der Waals surface area contributed by atoms with Gasteiger partial charge in [0.2, 0.25) is 0 Å². The lowest BCUT2D eigenvalue weighted by Crippen LogP contribution is -2.04. The van der Waals surface area contributed by atoms with Gasteiger partial charge in [-0.25, -0.2) is 4.98 Å². The van der Waals surface area contributed by atoms with E-state index in [1.54, 1.807) is 7.11 Å². The first-order valence-electron chi connectivity index (χ1n) is 6.72. The second kappa shape index (κ2) is 5.63. The van der Waals surface area contributed by atoms with E-state index in [0.717, 1.165) is 23.9 Å². The molecule has 1 aliphatic carbocycles. The average molecular weight is 287 g/mol. The van der Waals surface area contributed by atoms with Gasteiger partial charge in [0.25, 0.3) is 0 Å². The minimum atomic E-state index is 0.569. The molecule has 0 spiro atoms. The van der Waals surface area contributed by atoms with Crippen molar-refractivity contribution in [1.29, 1.82) is 0 Å². The van der Waals surface area contributed by atoms with E-state index in [-0.39, 0.29) is 0 Å². The summed E-state index contributed by atoms with van der Waals surface area (Å²) in [7, 11) is 1.67. The number of benzene rings is 1. The number of anilines is 1. The molecule has 1 fully saturated rings. The standard InChI is InChI=1S/C15H17N3OS/c1-19-12-6-2-10(3-7-12)9-16-13-8-14(20)18-15(17-13)11-4-5-11/h2-3,6-8,11H,4-5,9H2,1H3,(H2,16,17,18,20). The molecule has 1 aromatic carbocycles. The van der Waals surface area contributed by atoms with Crippen molar-refractivity contribution >= 4 is 18.0 Å². The van der Waals surface area contributed by atoms with Gasteiger partial charge in [-0.2, -0.15) is 0 Å². The number of rotatable bonds is 5. The maximum atomic E-state index is 5.21. The normalized spacial score (nSPS) is 14.1. The first kappa shape index (κ1) is 13.1. The highest BCUT2D eigenvalue weighted by molar-refractivity contribution is 7.71. The molecular formula is C15H17N3OS. The fourth-order valence-electron chi connectivity index (χ4n) is 2.06. The summed E-state index contributed by atoms with van der Waals surface area (Å²) >= 11 is 5.21. The minimum Gasteiger partial charge on any atom is -0.497 e. The molecule has 104 valence electrons. The zero-order valence-electron chi connectivity index (χ0n) is 11.3. The molecule has 0 unspecified atom stereocenters. The first-order chi connectivity index (χ1) is 9.74. The van der Waals surface area contributed by atoms with Gasteiger partial charge in [-0.3, -0.25) is 0 Å². The van der Waals surface area contributed by atoms with Gasteiger partial charge in [-0.1, -0.05) is 24.4 Å². The van der Waals surface area contributed by atoms with Crippen LogP contribution in [0.25, 0.3) is 0 Å². The quantitative estimate of drug-likeness (QED) is 0.824. The zero-order chi connectivity index (χ0) is 13.9. The van der Waals surface area contributed by atoms with Crippen LogP contribution >= 0.6 is 12.2 Å². The van der Waals surface area contributed by atoms with Crippen molar-refractivity contribution in [2.24, 2.45) is 0 Å². The number of ether oxygens (including phenoxy) is 1. The lowest BCUT2D eigenvalue weighted by molar-refractivity contribution is 0.414. The number of nitrogens with zero attached hydrogens (tertiary/aromatic N) is 1. The molecule has 0 bridgehead atoms. The van der Waals surface area contributed by atoms with Crippen molar-refractivity contribution < 1.29 is 4.74 Å². The number of hydrogen-bond acceptors (Lipinski definition) is 4. The molecule has 0 amide bonds. The van der Waals surface area contributed by atoms with Gasteiger partial charge in [-0.15, -0.1) is 0 Å². The summed E-state index contributed by atoms with van der Waals surface area (Å²) in [6.07, 6.45) is 2.42. The third-order valence-corrected chi connectivity index (χ3v) is 3.58. The number of methoxy groups -OCH3 is 1. The fourth-order valence-corrected chi connectivity index (χ4v) is 2.28. The SMILES string of the molecule is COc1ccc(CNc2cc(=S)nc(C3CC3)[nH]2)cc1. The van der Waals surface area contributed by atoms with E-state index in [0.29, 0.717) is 10.6 Å². The van der Waals surface area contributed by atoms with Crippen LogP contribution in [0.2, 0.25) is 0 Å². The van der Waals surface area contributed by atoms with Gasteiger partial charge in [0.05, 0.1) is 7.11 Å². The monoisotopic (exact) mass is 287 g/mol. The molecule has 1 saturated carbocycles. The van der Waals surface area contributed by atoms with Crippen molar-refractivity contribution in [3.63, 3.8) is 0 Å². The molecule has 1 heterocycles. The molecule has 0 atom stereocenters. The Kier molecular flexibility index (Phi) is 3.69. The van der Waals surface area contributed by atoms with Crippen LogP contribution in [-0.2, 0) is 6.54 Å². The smallest absolute Gasteiger partial charge is 0.131 e. The number of aromatic amines is 1. The minimum absolute atomic E-state index is 0.569. The molecule has 1 aliphatic rings. The van der Waals surface area contributed by atoms with E-state index in [1.165, 1.54) is 18.4 Å². The third-order valence-electron chi connectivity index (χ3n) is 3.37. The lowest BCUT2D eigenvalue weighted by atomic mass is 10.2. The third kappa shape index (κ3) is 3.17. The van der Waals surface area contributed by atoms with E-state index in [1.807, 2.05) is 30.3 Å². The van der Waals surface area contributed by atoms with Crippen LogP contribution in [0.15, 0.2) is 30.3 Å². The molecule has 0 radical (unpaired) electrons. The second-order valence-corrected chi connectivity index (χ2v) is 5.41. The maximum Gasteiger partial charge on any atom is 0.131 e. The van der Waals surface area contributed by atoms with E-state index >= 15 is 0 Å². The van der Waals surface area contributed by atoms with Crippen molar-refractivity contribution in [2.45, 2.75) is 25.3 Å². The summed E-state index contributed by atoms with van der Waals surface area (Å²) in [6.45, 7) is 0.739. The predicted octanol–water partition coefficient (Wildman–Crippen LogP) is 3.64. The van der Waals surface area contributed by atoms with Gasteiger partial charge in [-0.05, 0) is 30.5 Å². The number of hydrogen-bond donors (Lipinski definition) is 2. The van der Waals surface area contributed by atoms with Crippen LogP contribution in [0, 0.1) is 4.64 Å². The van der Waals surface area contributed by atoms with Crippen LogP contribution in [0.3, 0.4) is 0 Å². The van der Waals surface area contributed by atoms with Crippen LogP contribution in [-0.4, -0.2) is 17.1 Å². The Bertz CT molecular complexity index is 647. The number of aromatic nitrogens is 2. The summed E-state index contributed by atoms with van der Waals surface area (Å²) in [4.78, 5) is 7.70. The zero-order valence-corrected chi connectivity index (χ0v) is 12.2. The molecule has 2 N–H and O–H groups in total. The Morgan fingerprint density at radius 3 is 2.75 bits per heavy atom. The van der Waals surface area contributed by atoms with Gasteiger partial charge < -0.3 is 15.0 Å². The van der Waals surface area contributed by atoms with Crippen LogP contribution in [0.5, 0.6) is 5.75 Å². The summed E-state index contributed by atoms with van der Waals surface area (Å²) in [6, 6.07) is 9.88. The fraction of sp³-hybridized carbons (Fsp3) is 0.333. The summed E-state index contributed by atoms with van der Waals surface area (Å²) in [5.74, 6) is 3.38. The summed E-state index contributed by atoms with van der Waals surface area (Å²) in [5.41, 5.74) is 1.19. The maximum absolute atomic E-state index is 5.21. The highest BCUT2D eigenvalue weighted by Crippen LogP contribution is 2.38. The molecular weight excluding hydrogens is 270 g/mol. The predicted molar refractivity (Wildman–Crippen MR) is 81.7 cm³/mol. The Labute approximate surface area is 123 Å². The Morgan fingerprint density at radius 2 is 2.10 bits per heavy atom. The highest BCUT2D eigenvalue weighted by Gasteiger charge is 2.25. The van der Waals surface area contributed by atoms with Crippen molar-refractivity contribution in [3.05, 3.63) is 46.4 Å². The first-order valence-corrected chi connectivity index (χ1v) is 7.13. The van der Waals surface area contributed by atoms with Crippen molar-refractivity contribution in [2.75, 3.05) is 12.4 Å². The van der Waals surface area contributed by atoms with Crippen LogP contribution < -0.4 is 10.1 Å². The molecule has 4 nitrogen and oxygen atoms in total. The molecule has 5 heteroatoms. The van der Waals surface area contributed by atoms with E-state index in [9.17, 15) is 0 Å².